The first-order valence-electron chi connectivity index (χ1n) is 5.96. The molecule has 0 amide bonds. The van der Waals surface area contributed by atoms with Crippen LogP contribution >= 0.6 is 0 Å². The molecule has 1 saturated heterocycles. The van der Waals surface area contributed by atoms with E-state index in [9.17, 15) is 0 Å². The first-order valence-corrected chi connectivity index (χ1v) is 5.96. The molecular weight excluding hydrogens is 217 g/mol. The van der Waals surface area contributed by atoms with E-state index in [4.69, 9.17) is 14.8 Å². The van der Waals surface area contributed by atoms with Gasteiger partial charge in [-0.15, -0.1) is 0 Å². The minimum absolute atomic E-state index is 0.337. The van der Waals surface area contributed by atoms with Crippen molar-refractivity contribution in [1.29, 1.82) is 0 Å². The molecule has 0 radical (unpaired) electrons. The number of morpholine rings is 1. The third-order valence-electron chi connectivity index (χ3n) is 3.31. The number of ether oxygens (including phenoxy) is 1. The fourth-order valence-electron chi connectivity index (χ4n) is 2.12. The van der Waals surface area contributed by atoms with Gasteiger partial charge in [0.1, 0.15) is 0 Å². The monoisotopic (exact) mass is 235 g/mol. The van der Waals surface area contributed by atoms with Crippen molar-refractivity contribution in [3.05, 3.63) is 29.8 Å². The van der Waals surface area contributed by atoms with E-state index in [1.807, 2.05) is 12.1 Å². The van der Waals surface area contributed by atoms with E-state index < -0.39 is 7.12 Å². The first kappa shape index (κ1) is 12.6. The second-order valence-electron chi connectivity index (χ2n) is 4.36. The Balaban J connectivity index is 2.05. The summed E-state index contributed by atoms with van der Waals surface area (Å²) in [4.78, 5) is 2.37. The molecule has 1 fully saturated rings. The maximum atomic E-state index is 9.03. The number of nitrogens with zero attached hydrogens (tertiary/aromatic N) is 1. The van der Waals surface area contributed by atoms with E-state index in [1.54, 1.807) is 12.1 Å². The smallest absolute Gasteiger partial charge is 0.423 e. The van der Waals surface area contributed by atoms with Crippen molar-refractivity contribution >= 4 is 12.6 Å². The number of hydrogen-bond acceptors (Lipinski definition) is 4. The zero-order valence-corrected chi connectivity index (χ0v) is 10.0. The van der Waals surface area contributed by atoms with Crippen LogP contribution in [0.3, 0.4) is 0 Å². The van der Waals surface area contributed by atoms with Crippen LogP contribution in [0.5, 0.6) is 0 Å². The lowest BCUT2D eigenvalue weighted by Gasteiger charge is -2.32. The molecular formula is C12H18BNO3. The highest BCUT2D eigenvalue weighted by atomic mass is 16.5. The van der Waals surface area contributed by atoms with Crippen LogP contribution in [-0.4, -0.2) is 48.4 Å². The Morgan fingerprint density at radius 1 is 1.18 bits per heavy atom. The average Bonchev–Trinajstić information content (AvgIpc) is 2.39. The van der Waals surface area contributed by atoms with Gasteiger partial charge >= 0.3 is 7.12 Å². The molecule has 0 saturated carbocycles. The van der Waals surface area contributed by atoms with Gasteiger partial charge in [0.15, 0.2) is 0 Å². The van der Waals surface area contributed by atoms with Gasteiger partial charge in [-0.3, -0.25) is 4.90 Å². The van der Waals surface area contributed by atoms with Gasteiger partial charge in [0.05, 0.1) is 13.2 Å². The van der Waals surface area contributed by atoms with E-state index in [-0.39, 0.29) is 0 Å². The highest BCUT2D eigenvalue weighted by Gasteiger charge is 2.19. The number of hydrogen-bond donors (Lipinski definition) is 2. The predicted octanol–water partition coefficient (Wildman–Crippen LogP) is -0.240. The van der Waals surface area contributed by atoms with Gasteiger partial charge in [-0.05, 0) is 17.9 Å². The Morgan fingerprint density at radius 2 is 1.76 bits per heavy atom. The highest BCUT2D eigenvalue weighted by Crippen LogP contribution is 2.20. The molecule has 1 aliphatic rings. The Hall–Kier alpha value is -0.875. The first-order chi connectivity index (χ1) is 8.18. The number of benzene rings is 1. The Morgan fingerprint density at radius 3 is 2.29 bits per heavy atom. The van der Waals surface area contributed by atoms with Crippen molar-refractivity contribution in [2.45, 2.75) is 13.0 Å². The highest BCUT2D eigenvalue weighted by molar-refractivity contribution is 6.58. The van der Waals surface area contributed by atoms with Gasteiger partial charge in [-0.25, -0.2) is 0 Å². The SMILES string of the molecule is CC(c1ccc(B(O)O)cc1)N1CCOCC1. The summed E-state index contributed by atoms with van der Waals surface area (Å²) < 4.78 is 5.33. The normalized spacial score (nSPS) is 19.0. The standard InChI is InChI=1S/C12H18BNO3/c1-10(14-6-8-17-9-7-14)11-2-4-12(5-3-11)13(15)16/h2-5,10,15-16H,6-9H2,1H3. The summed E-state index contributed by atoms with van der Waals surface area (Å²) in [6.07, 6.45) is 0. The fourth-order valence-corrected chi connectivity index (χ4v) is 2.12. The van der Waals surface area contributed by atoms with Crippen molar-refractivity contribution in [2.24, 2.45) is 0 Å². The second-order valence-corrected chi connectivity index (χ2v) is 4.36. The molecule has 1 unspecified atom stereocenters. The van der Waals surface area contributed by atoms with E-state index in [1.165, 1.54) is 5.56 Å². The molecule has 0 aromatic heterocycles. The Labute approximate surface area is 102 Å². The van der Waals surface area contributed by atoms with Gasteiger partial charge in [0.2, 0.25) is 0 Å². The molecule has 1 heterocycles. The quantitative estimate of drug-likeness (QED) is 0.710. The average molecular weight is 235 g/mol. The van der Waals surface area contributed by atoms with Gasteiger partial charge in [-0.1, -0.05) is 24.3 Å². The Bertz CT molecular complexity index is 349. The second kappa shape index (κ2) is 5.64. The maximum absolute atomic E-state index is 9.03. The van der Waals surface area contributed by atoms with Crippen molar-refractivity contribution in [3.8, 4) is 0 Å². The van der Waals surface area contributed by atoms with Crippen LogP contribution in [0.15, 0.2) is 24.3 Å². The van der Waals surface area contributed by atoms with Crippen molar-refractivity contribution in [1.82, 2.24) is 4.90 Å². The topological polar surface area (TPSA) is 52.9 Å². The van der Waals surface area contributed by atoms with E-state index in [0.29, 0.717) is 11.5 Å². The fraction of sp³-hybridized carbons (Fsp3) is 0.500. The lowest BCUT2D eigenvalue weighted by molar-refractivity contribution is 0.0198. The summed E-state index contributed by atoms with van der Waals surface area (Å²) in [5.41, 5.74) is 1.72. The van der Waals surface area contributed by atoms with Crippen LogP contribution in [0, 0.1) is 0 Å². The van der Waals surface area contributed by atoms with Gasteiger partial charge < -0.3 is 14.8 Å². The molecule has 1 aromatic carbocycles. The molecule has 0 bridgehead atoms. The number of rotatable bonds is 3. The van der Waals surface area contributed by atoms with E-state index >= 15 is 0 Å². The largest absolute Gasteiger partial charge is 0.488 e. The molecule has 1 atom stereocenters. The minimum Gasteiger partial charge on any atom is -0.423 e. The van der Waals surface area contributed by atoms with Gasteiger partial charge in [-0.2, -0.15) is 0 Å². The molecule has 4 nitrogen and oxygen atoms in total. The molecule has 1 aromatic rings. The lowest BCUT2D eigenvalue weighted by Crippen LogP contribution is -2.38. The zero-order chi connectivity index (χ0) is 12.3. The van der Waals surface area contributed by atoms with Crippen LogP contribution in [-0.2, 0) is 4.74 Å². The van der Waals surface area contributed by atoms with Gasteiger partial charge in [0, 0.05) is 19.1 Å². The summed E-state index contributed by atoms with van der Waals surface area (Å²) in [6, 6.07) is 7.77. The van der Waals surface area contributed by atoms with Crippen LogP contribution in [0.2, 0.25) is 0 Å². The van der Waals surface area contributed by atoms with Crippen molar-refractivity contribution in [2.75, 3.05) is 26.3 Å². The molecule has 0 aliphatic carbocycles. The van der Waals surface area contributed by atoms with Crippen LogP contribution in [0.1, 0.15) is 18.5 Å². The molecule has 17 heavy (non-hydrogen) atoms. The molecule has 5 heteroatoms. The molecule has 92 valence electrons. The van der Waals surface area contributed by atoms with Crippen molar-refractivity contribution < 1.29 is 14.8 Å². The zero-order valence-electron chi connectivity index (χ0n) is 10.0. The Kier molecular flexibility index (Phi) is 4.18. The predicted molar refractivity (Wildman–Crippen MR) is 67.1 cm³/mol. The third-order valence-corrected chi connectivity index (χ3v) is 3.31. The molecule has 2 rings (SSSR count). The summed E-state index contributed by atoms with van der Waals surface area (Å²) in [7, 11) is -1.39. The van der Waals surface area contributed by atoms with Crippen LogP contribution < -0.4 is 5.46 Å². The lowest BCUT2D eigenvalue weighted by atomic mass is 9.80. The molecule has 2 N–H and O–H groups in total. The maximum Gasteiger partial charge on any atom is 0.488 e. The van der Waals surface area contributed by atoms with E-state index in [2.05, 4.69) is 11.8 Å². The minimum atomic E-state index is -1.39. The van der Waals surface area contributed by atoms with Gasteiger partial charge in [0.25, 0.3) is 0 Å². The molecule has 0 spiro atoms. The summed E-state index contributed by atoms with van der Waals surface area (Å²) in [5.74, 6) is 0. The summed E-state index contributed by atoms with van der Waals surface area (Å²) in [5, 5.41) is 18.1. The molecule has 1 aliphatic heterocycles. The third kappa shape index (κ3) is 3.07. The summed E-state index contributed by atoms with van der Waals surface area (Å²) >= 11 is 0. The van der Waals surface area contributed by atoms with E-state index in [0.717, 1.165) is 26.3 Å². The van der Waals surface area contributed by atoms with Crippen molar-refractivity contribution in [3.63, 3.8) is 0 Å². The van der Waals surface area contributed by atoms with Crippen LogP contribution in [0.25, 0.3) is 0 Å². The van der Waals surface area contributed by atoms with Crippen LogP contribution in [0.4, 0.5) is 0 Å². The summed E-state index contributed by atoms with van der Waals surface area (Å²) in [6.45, 7) is 5.64.